The van der Waals surface area contributed by atoms with Gasteiger partial charge in [0.1, 0.15) is 6.10 Å². The zero-order valence-corrected chi connectivity index (χ0v) is 15.7. The number of amides is 1. The van der Waals surface area contributed by atoms with E-state index in [1.54, 1.807) is 23.5 Å². The van der Waals surface area contributed by atoms with E-state index in [4.69, 9.17) is 4.74 Å². The molecular weight excluding hydrogens is 358 g/mol. The van der Waals surface area contributed by atoms with Crippen LogP contribution in [0.1, 0.15) is 55.8 Å². The summed E-state index contributed by atoms with van der Waals surface area (Å²) in [5.41, 5.74) is 2.89. The normalized spacial score (nSPS) is 16.9. The van der Waals surface area contributed by atoms with Gasteiger partial charge >= 0.3 is 5.97 Å². The fourth-order valence-electron chi connectivity index (χ4n) is 3.28. The van der Waals surface area contributed by atoms with Gasteiger partial charge in [-0.15, -0.1) is 11.3 Å². The molecule has 3 aromatic rings. The van der Waals surface area contributed by atoms with Crippen molar-refractivity contribution in [2.45, 2.75) is 25.5 Å². The van der Waals surface area contributed by atoms with Gasteiger partial charge in [-0.3, -0.25) is 4.79 Å². The smallest absolute Gasteiger partial charge is 0.339 e. The van der Waals surface area contributed by atoms with Crippen LogP contribution in [-0.2, 0) is 11.2 Å². The Morgan fingerprint density at radius 1 is 1.15 bits per heavy atom. The number of rotatable bonds is 4. The second kappa shape index (κ2) is 7.37. The first-order valence-electron chi connectivity index (χ1n) is 8.85. The Bertz CT molecular complexity index is 966. The molecule has 1 aromatic heterocycles. The van der Waals surface area contributed by atoms with Crippen molar-refractivity contribution in [3.8, 4) is 0 Å². The van der Waals surface area contributed by atoms with Gasteiger partial charge in [-0.05, 0) is 47.7 Å². The Labute approximate surface area is 161 Å². The average molecular weight is 377 g/mol. The Morgan fingerprint density at radius 3 is 2.70 bits per heavy atom. The van der Waals surface area contributed by atoms with Gasteiger partial charge in [0.2, 0.25) is 0 Å². The van der Waals surface area contributed by atoms with Crippen LogP contribution in [0.5, 0.6) is 0 Å². The van der Waals surface area contributed by atoms with Crippen LogP contribution in [0.3, 0.4) is 0 Å². The van der Waals surface area contributed by atoms with Crippen molar-refractivity contribution in [2.24, 2.45) is 0 Å². The summed E-state index contributed by atoms with van der Waals surface area (Å²) in [6.07, 6.45) is 0.238. The minimum absolute atomic E-state index is 0.0597. The topological polar surface area (TPSA) is 55.4 Å². The molecule has 0 radical (unpaired) electrons. The second-order valence-electron chi connectivity index (χ2n) is 6.59. The van der Waals surface area contributed by atoms with Gasteiger partial charge in [-0.2, -0.15) is 0 Å². The summed E-state index contributed by atoms with van der Waals surface area (Å²) < 4.78 is 5.57. The summed E-state index contributed by atoms with van der Waals surface area (Å²) in [4.78, 5) is 26.1. The lowest BCUT2D eigenvalue weighted by Crippen LogP contribution is -2.27. The minimum atomic E-state index is -0.344. The van der Waals surface area contributed by atoms with E-state index in [1.165, 1.54) is 0 Å². The van der Waals surface area contributed by atoms with Gasteiger partial charge in [-0.1, -0.05) is 36.4 Å². The highest BCUT2D eigenvalue weighted by atomic mass is 32.1. The lowest BCUT2D eigenvalue weighted by Gasteiger charge is -2.25. The number of ether oxygens (including phenoxy) is 1. The monoisotopic (exact) mass is 377 g/mol. The van der Waals surface area contributed by atoms with Crippen molar-refractivity contribution in [2.75, 3.05) is 0 Å². The molecule has 0 saturated carbocycles. The fraction of sp³-hybridized carbons (Fsp3) is 0.182. The van der Waals surface area contributed by atoms with Gasteiger partial charge in [0.25, 0.3) is 5.91 Å². The van der Waals surface area contributed by atoms with Gasteiger partial charge in [-0.25, -0.2) is 4.79 Å². The number of carbonyl (C=O) groups excluding carboxylic acids is 2. The lowest BCUT2D eigenvalue weighted by atomic mass is 9.93. The van der Waals surface area contributed by atoms with E-state index in [-0.39, 0.29) is 24.0 Å². The number of nitrogens with one attached hydrogen (secondary N) is 1. The number of esters is 1. The maximum absolute atomic E-state index is 12.6. The van der Waals surface area contributed by atoms with E-state index in [9.17, 15) is 9.59 Å². The average Bonchev–Trinajstić information content (AvgIpc) is 3.23. The van der Waals surface area contributed by atoms with Crippen molar-refractivity contribution >= 4 is 23.2 Å². The first-order valence-corrected chi connectivity index (χ1v) is 9.73. The third-order valence-corrected chi connectivity index (χ3v) is 5.79. The highest BCUT2D eigenvalue weighted by Gasteiger charge is 2.28. The summed E-state index contributed by atoms with van der Waals surface area (Å²) in [6, 6.07) is 18.8. The van der Waals surface area contributed by atoms with Gasteiger partial charge in [0.15, 0.2) is 0 Å². The van der Waals surface area contributed by atoms with E-state index >= 15 is 0 Å². The molecule has 136 valence electrons. The Hall–Kier alpha value is -2.92. The largest absolute Gasteiger partial charge is 0.454 e. The Balaban J connectivity index is 1.56. The zero-order valence-electron chi connectivity index (χ0n) is 14.8. The van der Waals surface area contributed by atoms with Crippen LogP contribution in [0.2, 0.25) is 0 Å². The molecular formula is C22H19NO3S. The Morgan fingerprint density at radius 2 is 1.96 bits per heavy atom. The molecule has 1 amide bonds. The molecule has 1 aliphatic heterocycles. The molecule has 1 N–H and O–H groups in total. The molecule has 4 rings (SSSR count). The van der Waals surface area contributed by atoms with E-state index in [0.29, 0.717) is 17.5 Å². The number of thiophene rings is 1. The zero-order chi connectivity index (χ0) is 18.8. The van der Waals surface area contributed by atoms with Crippen LogP contribution < -0.4 is 5.32 Å². The van der Waals surface area contributed by atoms with Gasteiger partial charge in [0.05, 0.1) is 11.6 Å². The molecule has 0 saturated heterocycles. The number of benzene rings is 2. The van der Waals surface area contributed by atoms with Crippen LogP contribution in [-0.4, -0.2) is 11.9 Å². The van der Waals surface area contributed by atoms with Gasteiger partial charge in [0, 0.05) is 16.9 Å². The van der Waals surface area contributed by atoms with Crippen molar-refractivity contribution in [3.05, 3.63) is 93.2 Å². The molecule has 4 nitrogen and oxygen atoms in total. The summed E-state index contributed by atoms with van der Waals surface area (Å²) in [6.45, 7) is 1.96. The summed E-state index contributed by atoms with van der Waals surface area (Å²) in [5.74, 6) is -0.488. The molecule has 5 heteroatoms. The number of hydrogen-bond acceptors (Lipinski definition) is 4. The number of cyclic esters (lactones) is 1. The number of hydrogen-bond donors (Lipinski definition) is 1. The third-order valence-electron chi connectivity index (χ3n) is 4.73. The maximum Gasteiger partial charge on any atom is 0.339 e. The van der Waals surface area contributed by atoms with Crippen LogP contribution in [0.15, 0.2) is 66.0 Å². The lowest BCUT2D eigenvalue weighted by molar-refractivity contribution is 0.0252. The number of carbonyl (C=O) groups is 2. The summed E-state index contributed by atoms with van der Waals surface area (Å²) in [7, 11) is 0. The standard InChI is InChI=1S/C22H19NO3S/c1-14(20-8-5-11-27-20)23-21(24)16-9-10-18-17(12-16)13-19(26-22(18)25)15-6-3-2-4-7-15/h2-12,14,19H,13H2,1H3,(H,23,24)/t14-,19-/m1/s1. The van der Waals surface area contributed by atoms with Crippen molar-refractivity contribution in [3.63, 3.8) is 0 Å². The minimum Gasteiger partial charge on any atom is -0.454 e. The molecule has 0 spiro atoms. The van der Waals surface area contributed by atoms with E-state index in [0.717, 1.165) is 16.0 Å². The molecule has 1 aliphatic rings. The first kappa shape index (κ1) is 17.5. The SMILES string of the molecule is C[C@@H](NC(=O)c1ccc2c(c1)C[C@H](c1ccccc1)OC2=O)c1cccs1. The Kier molecular flexibility index (Phi) is 4.77. The van der Waals surface area contributed by atoms with Crippen molar-refractivity contribution in [1.82, 2.24) is 5.32 Å². The van der Waals surface area contributed by atoms with Crippen LogP contribution in [0.4, 0.5) is 0 Å². The van der Waals surface area contributed by atoms with Crippen LogP contribution in [0.25, 0.3) is 0 Å². The van der Waals surface area contributed by atoms with E-state index < -0.39 is 0 Å². The molecule has 0 aliphatic carbocycles. The molecule has 0 fully saturated rings. The second-order valence-corrected chi connectivity index (χ2v) is 7.57. The quantitative estimate of drug-likeness (QED) is 0.671. The molecule has 2 atom stereocenters. The first-order chi connectivity index (χ1) is 13.1. The highest BCUT2D eigenvalue weighted by molar-refractivity contribution is 7.10. The van der Waals surface area contributed by atoms with Crippen molar-refractivity contribution in [1.29, 1.82) is 0 Å². The third kappa shape index (κ3) is 3.64. The molecule has 27 heavy (non-hydrogen) atoms. The summed E-state index contributed by atoms with van der Waals surface area (Å²) in [5, 5.41) is 5.01. The number of fused-ring (bicyclic) bond motifs is 1. The maximum atomic E-state index is 12.6. The van der Waals surface area contributed by atoms with Gasteiger partial charge < -0.3 is 10.1 Å². The molecule has 2 aromatic carbocycles. The van der Waals surface area contributed by atoms with E-state index in [2.05, 4.69) is 5.32 Å². The predicted molar refractivity (Wildman–Crippen MR) is 105 cm³/mol. The fourth-order valence-corrected chi connectivity index (χ4v) is 4.01. The highest BCUT2D eigenvalue weighted by Crippen LogP contribution is 2.31. The molecule has 0 bridgehead atoms. The van der Waals surface area contributed by atoms with Crippen LogP contribution >= 0.6 is 11.3 Å². The summed E-state index contributed by atoms with van der Waals surface area (Å²) >= 11 is 1.61. The predicted octanol–water partition coefficient (Wildman–Crippen LogP) is 4.69. The van der Waals surface area contributed by atoms with Crippen LogP contribution in [0, 0.1) is 0 Å². The molecule has 2 heterocycles. The van der Waals surface area contributed by atoms with E-state index in [1.807, 2.05) is 60.8 Å². The van der Waals surface area contributed by atoms with Crippen molar-refractivity contribution < 1.29 is 14.3 Å². The molecule has 0 unspecified atom stereocenters.